The van der Waals surface area contributed by atoms with Crippen LogP contribution in [0.2, 0.25) is 0 Å². The number of benzene rings is 2. The molecule has 138 valence electrons. The molecule has 4 nitrogen and oxygen atoms in total. The molecule has 0 amide bonds. The maximum absolute atomic E-state index is 13.0. The monoisotopic (exact) mass is 371 g/mol. The average Bonchev–Trinajstić information content (AvgIpc) is 3.10. The van der Waals surface area contributed by atoms with Gasteiger partial charge in [-0.25, -0.2) is 4.98 Å². The average molecular weight is 371 g/mol. The van der Waals surface area contributed by atoms with E-state index in [1.165, 1.54) is 12.3 Å². The van der Waals surface area contributed by atoms with Gasteiger partial charge in [0.25, 0.3) is 0 Å². The number of nitrogens with zero attached hydrogens (tertiary/aromatic N) is 2. The molecule has 0 aliphatic heterocycles. The Morgan fingerprint density at radius 1 is 1.15 bits per heavy atom. The number of hydrogen-bond donors (Lipinski definition) is 1. The summed E-state index contributed by atoms with van der Waals surface area (Å²) in [7, 11) is 0. The van der Waals surface area contributed by atoms with Gasteiger partial charge in [-0.2, -0.15) is 18.4 Å². The highest BCUT2D eigenvalue weighted by Crippen LogP contribution is 2.33. The molecule has 0 saturated carbocycles. The molecule has 0 unspecified atom stereocenters. The first-order valence-corrected chi connectivity index (χ1v) is 8.23. The van der Waals surface area contributed by atoms with Gasteiger partial charge in [0.05, 0.1) is 22.9 Å². The van der Waals surface area contributed by atoms with Crippen LogP contribution in [0, 0.1) is 18.3 Å². The van der Waals surface area contributed by atoms with Crippen molar-refractivity contribution >= 4 is 5.69 Å². The van der Waals surface area contributed by atoms with Crippen molar-refractivity contribution in [3.8, 4) is 17.5 Å². The fourth-order valence-corrected chi connectivity index (χ4v) is 2.57. The predicted octanol–water partition coefficient (Wildman–Crippen LogP) is 5.20. The molecule has 1 aromatic heterocycles. The third kappa shape index (κ3) is 4.47. The summed E-state index contributed by atoms with van der Waals surface area (Å²) in [5.74, 6) is 0.503. The standard InChI is InChI=1S/C20H16F3N3O/c1-13-2-4-14(5-3-13)19-26-17(12-27-19)8-9-25-16-7-6-15(11-24)18(10-16)20(21,22)23/h2-7,10,12,25H,8-9H2,1H3. The van der Waals surface area contributed by atoms with Crippen LogP contribution >= 0.6 is 0 Å². The summed E-state index contributed by atoms with van der Waals surface area (Å²) < 4.78 is 44.4. The van der Waals surface area contributed by atoms with Gasteiger partial charge in [-0.15, -0.1) is 0 Å². The largest absolute Gasteiger partial charge is 0.444 e. The number of rotatable bonds is 5. The lowest BCUT2D eigenvalue weighted by Crippen LogP contribution is -2.10. The Hall–Kier alpha value is -3.27. The van der Waals surface area contributed by atoms with Crippen molar-refractivity contribution in [1.82, 2.24) is 4.98 Å². The fourth-order valence-electron chi connectivity index (χ4n) is 2.57. The fraction of sp³-hybridized carbons (Fsp3) is 0.200. The number of nitrogens with one attached hydrogen (secondary N) is 1. The Kier molecular flexibility index (Phi) is 5.17. The minimum atomic E-state index is -4.57. The van der Waals surface area contributed by atoms with Crippen LogP contribution in [0.3, 0.4) is 0 Å². The highest BCUT2D eigenvalue weighted by atomic mass is 19.4. The molecule has 0 aliphatic carbocycles. The normalized spacial score (nSPS) is 11.2. The zero-order valence-corrected chi connectivity index (χ0v) is 14.5. The van der Waals surface area contributed by atoms with Crippen molar-refractivity contribution in [2.75, 3.05) is 11.9 Å². The van der Waals surface area contributed by atoms with Gasteiger partial charge in [-0.3, -0.25) is 0 Å². The molecule has 7 heteroatoms. The molecule has 27 heavy (non-hydrogen) atoms. The summed E-state index contributed by atoms with van der Waals surface area (Å²) in [5.41, 5.74) is 1.65. The molecule has 0 bridgehead atoms. The van der Waals surface area contributed by atoms with Gasteiger partial charge < -0.3 is 9.73 Å². The molecule has 3 aromatic rings. The number of oxazole rings is 1. The van der Waals surface area contributed by atoms with Gasteiger partial charge in [-0.1, -0.05) is 17.7 Å². The van der Waals surface area contributed by atoms with Crippen LogP contribution in [-0.2, 0) is 12.6 Å². The second-order valence-corrected chi connectivity index (χ2v) is 6.06. The second-order valence-electron chi connectivity index (χ2n) is 6.06. The van der Waals surface area contributed by atoms with Gasteiger partial charge in [0, 0.05) is 24.2 Å². The van der Waals surface area contributed by atoms with Gasteiger partial charge in [-0.05, 0) is 37.3 Å². The molecule has 0 spiro atoms. The van der Waals surface area contributed by atoms with Crippen molar-refractivity contribution in [1.29, 1.82) is 5.26 Å². The minimum Gasteiger partial charge on any atom is -0.444 e. The second kappa shape index (κ2) is 7.54. The van der Waals surface area contributed by atoms with E-state index in [1.54, 1.807) is 6.07 Å². The van der Waals surface area contributed by atoms with Crippen molar-refractivity contribution in [3.05, 3.63) is 71.1 Å². The number of anilines is 1. The molecule has 0 radical (unpaired) electrons. The topological polar surface area (TPSA) is 61.9 Å². The zero-order valence-electron chi connectivity index (χ0n) is 14.5. The van der Waals surface area contributed by atoms with Gasteiger partial charge >= 0.3 is 6.18 Å². The van der Waals surface area contributed by atoms with Crippen molar-refractivity contribution in [2.24, 2.45) is 0 Å². The van der Waals surface area contributed by atoms with E-state index in [2.05, 4.69) is 10.3 Å². The molecule has 0 saturated heterocycles. The first kappa shape index (κ1) is 18.5. The molecule has 0 aliphatic rings. The van der Waals surface area contributed by atoms with E-state index >= 15 is 0 Å². The van der Waals surface area contributed by atoms with Crippen LogP contribution in [0.5, 0.6) is 0 Å². The predicted molar refractivity (Wildman–Crippen MR) is 95.0 cm³/mol. The summed E-state index contributed by atoms with van der Waals surface area (Å²) in [6, 6.07) is 12.9. The van der Waals surface area contributed by atoms with Crippen LogP contribution in [0.4, 0.5) is 18.9 Å². The van der Waals surface area contributed by atoms with Gasteiger partial charge in [0.2, 0.25) is 5.89 Å². The van der Waals surface area contributed by atoms with E-state index < -0.39 is 17.3 Å². The van der Waals surface area contributed by atoms with Crippen molar-refractivity contribution in [3.63, 3.8) is 0 Å². The lowest BCUT2D eigenvalue weighted by Gasteiger charge is -2.12. The zero-order chi connectivity index (χ0) is 19.4. The van der Waals surface area contributed by atoms with Crippen LogP contribution < -0.4 is 5.32 Å². The Morgan fingerprint density at radius 3 is 2.56 bits per heavy atom. The van der Waals surface area contributed by atoms with Crippen molar-refractivity contribution < 1.29 is 17.6 Å². The Bertz CT molecular complexity index is 969. The van der Waals surface area contributed by atoms with E-state index in [0.717, 1.165) is 23.3 Å². The summed E-state index contributed by atoms with van der Waals surface area (Å²) in [4.78, 5) is 4.40. The summed E-state index contributed by atoms with van der Waals surface area (Å²) in [6.07, 6.45) is -2.55. The number of alkyl halides is 3. The Morgan fingerprint density at radius 2 is 1.89 bits per heavy atom. The molecule has 3 rings (SSSR count). The SMILES string of the molecule is Cc1ccc(-c2nc(CCNc3ccc(C#N)c(C(F)(F)F)c3)co2)cc1. The van der Waals surface area contributed by atoms with E-state index in [0.29, 0.717) is 30.2 Å². The Balaban J connectivity index is 1.64. The van der Waals surface area contributed by atoms with Crippen molar-refractivity contribution in [2.45, 2.75) is 19.5 Å². The number of aryl methyl sites for hydroxylation is 1. The summed E-state index contributed by atoms with van der Waals surface area (Å²) in [6.45, 7) is 2.37. The maximum Gasteiger partial charge on any atom is 0.417 e. The molecule has 0 fully saturated rings. The third-order valence-corrected chi connectivity index (χ3v) is 4.01. The van der Waals surface area contributed by atoms with Gasteiger partial charge in [0.15, 0.2) is 0 Å². The highest BCUT2D eigenvalue weighted by Gasteiger charge is 2.33. The van der Waals surface area contributed by atoms with Gasteiger partial charge in [0.1, 0.15) is 6.26 Å². The highest BCUT2D eigenvalue weighted by molar-refractivity contribution is 5.54. The van der Waals surface area contributed by atoms with E-state index in [1.807, 2.05) is 31.2 Å². The summed E-state index contributed by atoms with van der Waals surface area (Å²) in [5, 5.41) is 11.7. The van der Waals surface area contributed by atoms with Crippen LogP contribution in [-0.4, -0.2) is 11.5 Å². The first-order valence-electron chi connectivity index (χ1n) is 8.23. The number of nitriles is 1. The Labute approximate surface area is 154 Å². The lowest BCUT2D eigenvalue weighted by molar-refractivity contribution is -0.137. The molecule has 1 N–H and O–H groups in total. The maximum atomic E-state index is 13.0. The van der Waals surface area contributed by atoms with E-state index in [9.17, 15) is 13.2 Å². The smallest absolute Gasteiger partial charge is 0.417 e. The number of hydrogen-bond acceptors (Lipinski definition) is 4. The molecule has 2 aromatic carbocycles. The first-order chi connectivity index (χ1) is 12.9. The van der Waals surface area contributed by atoms with E-state index in [4.69, 9.17) is 9.68 Å². The van der Waals surface area contributed by atoms with Crippen LogP contribution in [0.25, 0.3) is 11.5 Å². The number of aromatic nitrogens is 1. The van der Waals surface area contributed by atoms with E-state index in [-0.39, 0.29) is 0 Å². The molecular formula is C20H16F3N3O. The molecule has 0 atom stereocenters. The van der Waals surface area contributed by atoms with Crippen LogP contribution in [0.1, 0.15) is 22.4 Å². The summed E-state index contributed by atoms with van der Waals surface area (Å²) >= 11 is 0. The molecule has 1 heterocycles. The lowest BCUT2D eigenvalue weighted by atomic mass is 10.1. The quantitative estimate of drug-likeness (QED) is 0.670. The third-order valence-electron chi connectivity index (χ3n) is 4.01. The molecular weight excluding hydrogens is 355 g/mol. The van der Waals surface area contributed by atoms with Crippen LogP contribution in [0.15, 0.2) is 53.1 Å². The number of halogens is 3. The minimum absolute atomic E-state index is 0.295.